The predicted molar refractivity (Wildman–Crippen MR) is 86.2 cm³/mol. The van der Waals surface area contributed by atoms with Crippen molar-refractivity contribution in [2.24, 2.45) is 5.92 Å². The number of para-hydroxylation sites is 1. The van der Waals surface area contributed by atoms with Crippen molar-refractivity contribution in [3.63, 3.8) is 0 Å². The van der Waals surface area contributed by atoms with Crippen molar-refractivity contribution in [1.29, 1.82) is 0 Å². The third-order valence-electron chi connectivity index (χ3n) is 4.15. The summed E-state index contributed by atoms with van der Waals surface area (Å²) in [7, 11) is 0. The molecular weight excluding hydrogens is 310 g/mol. The van der Waals surface area contributed by atoms with Crippen molar-refractivity contribution in [3.05, 3.63) is 58.0 Å². The number of benzene rings is 1. The van der Waals surface area contributed by atoms with E-state index in [-0.39, 0.29) is 11.7 Å². The van der Waals surface area contributed by atoms with Crippen LogP contribution in [-0.4, -0.2) is 32.8 Å². The van der Waals surface area contributed by atoms with E-state index in [1.165, 1.54) is 10.7 Å². The molecule has 0 radical (unpaired) electrons. The van der Waals surface area contributed by atoms with Crippen LogP contribution in [0, 0.1) is 12.8 Å². The Labute approximate surface area is 137 Å². The first-order valence-corrected chi connectivity index (χ1v) is 7.66. The Balaban J connectivity index is 1.82. The zero-order chi connectivity index (χ0) is 17.3. The summed E-state index contributed by atoms with van der Waals surface area (Å²) in [4.78, 5) is 35.2. The van der Waals surface area contributed by atoms with Gasteiger partial charge in [-0.1, -0.05) is 18.2 Å². The Morgan fingerprint density at radius 1 is 1.25 bits per heavy atom. The number of rotatable bonds is 4. The highest BCUT2D eigenvalue weighted by atomic mass is 16.4. The van der Waals surface area contributed by atoms with Gasteiger partial charge in [-0.15, -0.1) is 0 Å². The van der Waals surface area contributed by atoms with E-state index in [0.717, 1.165) is 5.69 Å². The van der Waals surface area contributed by atoms with Gasteiger partial charge in [0, 0.05) is 17.8 Å². The van der Waals surface area contributed by atoms with Crippen molar-refractivity contribution < 1.29 is 14.7 Å². The first-order valence-electron chi connectivity index (χ1n) is 7.66. The Morgan fingerprint density at radius 2 is 1.92 bits per heavy atom. The first kappa shape index (κ1) is 15.9. The second-order valence-electron chi connectivity index (χ2n) is 5.92. The van der Waals surface area contributed by atoms with E-state index in [4.69, 9.17) is 5.11 Å². The molecule has 0 aliphatic heterocycles. The van der Waals surface area contributed by atoms with E-state index in [9.17, 15) is 14.4 Å². The molecule has 3 rings (SSSR count). The summed E-state index contributed by atoms with van der Waals surface area (Å²) < 4.78 is 1.54. The monoisotopic (exact) mass is 327 g/mol. The topological polar surface area (TPSA) is 101 Å². The van der Waals surface area contributed by atoms with Crippen LogP contribution in [0.5, 0.6) is 0 Å². The molecule has 2 N–H and O–H groups in total. The number of carboxylic acid groups (broad SMARTS) is 1. The van der Waals surface area contributed by atoms with Crippen LogP contribution >= 0.6 is 0 Å². The van der Waals surface area contributed by atoms with E-state index in [1.54, 1.807) is 6.92 Å². The summed E-state index contributed by atoms with van der Waals surface area (Å²) in [6.07, 6.45) is 0.750. The highest BCUT2D eigenvalue weighted by Crippen LogP contribution is 2.27. The number of hydrogen-bond acceptors (Lipinski definition) is 4. The quantitative estimate of drug-likeness (QED) is 0.877. The summed E-state index contributed by atoms with van der Waals surface area (Å²) in [5, 5.41) is 15.7. The number of carbonyl (C=O) groups excluding carboxylic acids is 1. The van der Waals surface area contributed by atoms with Crippen molar-refractivity contribution in [1.82, 2.24) is 15.1 Å². The Bertz CT molecular complexity index is 839. The molecule has 1 aliphatic carbocycles. The van der Waals surface area contributed by atoms with Gasteiger partial charge in [-0.2, -0.15) is 5.10 Å². The number of carbonyl (C=O) groups is 2. The van der Waals surface area contributed by atoms with Gasteiger partial charge >= 0.3 is 5.97 Å². The number of aliphatic carboxylic acids is 1. The van der Waals surface area contributed by atoms with E-state index in [0.29, 0.717) is 18.5 Å². The van der Waals surface area contributed by atoms with Gasteiger partial charge in [0.2, 0.25) is 5.43 Å². The third-order valence-corrected chi connectivity index (χ3v) is 4.15. The Hall–Kier alpha value is -2.96. The van der Waals surface area contributed by atoms with E-state index < -0.39 is 23.2 Å². The highest BCUT2D eigenvalue weighted by molar-refractivity contribution is 5.92. The van der Waals surface area contributed by atoms with Crippen LogP contribution in [0.3, 0.4) is 0 Å². The van der Waals surface area contributed by atoms with Gasteiger partial charge < -0.3 is 10.4 Å². The number of amides is 1. The fourth-order valence-corrected chi connectivity index (χ4v) is 2.73. The van der Waals surface area contributed by atoms with Crippen molar-refractivity contribution in [2.75, 3.05) is 0 Å². The number of carboxylic acids is 1. The maximum absolute atomic E-state index is 12.3. The summed E-state index contributed by atoms with van der Waals surface area (Å²) in [6.45, 7) is 1.74. The van der Waals surface area contributed by atoms with Crippen LogP contribution in [0.1, 0.15) is 29.0 Å². The largest absolute Gasteiger partial charge is 0.481 e. The number of nitrogens with one attached hydrogen (secondary N) is 1. The molecule has 1 fully saturated rings. The number of aromatic nitrogens is 2. The lowest BCUT2D eigenvalue weighted by Gasteiger charge is -2.32. The lowest BCUT2D eigenvalue weighted by atomic mass is 9.80. The van der Waals surface area contributed by atoms with Crippen LogP contribution in [0.2, 0.25) is 0 Å². The molecule has 1 heterocycles. The smallest absolute Gasteiger partial charge is 0.306 e. The lowest BCUT2D eigenvalue weighted by molar-refractivity contribution is -0.145. The zero-order valence-electron chi connectivity index (χ0n) is 13.1. The molecule has 0 unspecified atom stereocenters. The second kappa shape index (κ2) is 6.27. The van der Waals surface area contributed by atoms with Crippen molar-refractivity contribution in [2.45, 2.75) is 25.8 Å². The molecule has 1 aromatic heterocycles. The van der Waals surface area contributed by atoms with Crippen molar-refractivity contribution >= 4 is 11.9 Å². The van der Waals surface area contributed by atoms with Gasteiger partial charge in [0.25, 0.3) is 5.91 Å². The standard InChI is InChI=1S/C17H17N3O4/c1-10-7-14(21)15(19-20(10)13-5-3-2-4-6-13)16(22)18-12-8-11(9-12)17(23)24/h2-7,11-12H,8-9H2,1H3,(H,18,22)(H,23,24). The minimum atomic E-state index is -0.861. The van der Waals surface area contributed by atoms with Gasteiger partial charge in [-0.05, 0) is 31.9 Å². The molecule has 2 aromatic rings. The minimum Gasteiger partial charge on any atom is -0.481 e. The van der Waals surface area contributed by atoms with E-state index in [1.807, 2.05) is 30.3 Å². The number of aryl methyl sites for hydroxylation is 1. The molecule has 1 amide bonds. The summed E-state index contributed by atoms with van der Waals surface area (Å²) >= 11 is 0. The van der Waals surface area contributed by atoms with Crippen LogP contribution in [-0.2, 0) is 4.79 Å². The summed E-state index contributed by atoms with van der Waals surface area (Å²) in [5.74, 6) is -1.86. The lowest BCUT2D eigenvalue weighted by Crippen LogP contribution is -2.48. The molecule has 7 heteroatoms. The molecule has 124 valence electrons. The Kier molecular flexibility index (Phi) is 4.16. The Morgan fingerprint density at radius 3 is 2.54 bits per heavy atom. The van der Waals surface area contributed by atoms with Crippen LogP contribution < -0.4 is 10.7 Å². The molecule has 0 saturated heterocycles. The fraction of sp³-hybridized carbons (Fsp3) is 0.294. The predicted octanol–water partition coefficient (Wildman–Crippen LogP) is 1.13. The molecule has 24 heavy (non-hydrogen) atoms. The summed E-state index contributed by atoms with van der Waals surface area (Å²) in [5.41, 5.74) is 0.727. The van der Waals surface area contributed by atoms with Gasteiger partial charge in [0.15, 0.2) is 5.69 Å². The third kappa shape index (κ3) is 3.05. The SMILES string of the molecule is Cc1cc(=O)c(C(=O)NC2CC(C(=O)O)C2)nn1-c1ccccc1. The first-order chi connectivity index (χ1) is 11.5. The molecule has 1 aromatic carbocycles. The van der Waals surface area contributed by atoms with Crippen LogP contribution in [0.4, 0.5) is 0 Å². The molecule has 0 bridgehead atoms. The average Bonchev–Trinajstić information content (AvgIpc) is 2.50. The molecular formula is C17H17N3O4. The second-order valence-corrected chi connectivity index (χ2v) is 5.92. The van der Waals surface area contributed by atoms with Crippen molar-refractivity contribution in [3.8, 4) is 5.69 Å². The van der Waals surface area contributed by atoms with E-state index >= 15 is 0 Å². The molecule has 0 spiro atoms. The van der Waals surface area contributed by atoms with Crippen LogP contribution in [0.15, 0.2) is 41.2 Å². The fourth-order valence-electron chi connectivity index (χ4n) is 2.73. The van der Waals surface area contributed by atoms with Gasteiger partial charge in [0.1, 0.15) is 0 Å². The van der Waals surface area contributed by atoms with E-state index in [2.05, 4.69) is 10.4 Å². The maximum Gasteiger partial charge on any atom is 0.306 e. The maximum atomic E-state index is 12.3. The minimum absolute atomic E-state index is 0.191. The van der Waals surface area contributed by atoms with Gasteiger partial charge in [-0.3, -0.25) is 14.4 Å². The average molecular weight is 327 g/mol. The number of hydrogen-bond donors (Lipinski definition) is 2. The molecule has 1 saturated carbocycles. The normalized spacial score (nSPS) is 19.4. The summed E-state index contributed by atoms with van der Waals surface area (Å²) in [6, 6.07) is 10.3. The number of nitrogens with zero attached hydrogens (tertiary/aromatic N) is 2. The van der Waals surface area contributed by atoms with Gasteiger partial charge in [0.05, 0.1) is 11.6 Å². The molecule has 1 aliphatic rings. The molecule has 0 atom stereocenters. The van der Waals surface area contributed by atoms with Crippen LogP contribution in [0.25, 0.3) is 5.69 Å². The molecule has 7 nitrogen and oxygen atoms in total. The highest BCUT2D eigenvalue weighted by Gasteiger charge is 2.35. The van der Waals surface area contributed by atoms with Gasteiger partial charge in [-0.25, -0.2) is 4.68 Å². The zero-order valence-corrected chi connectivity index (χ0v) is 13.1.